The Bertz CT molecular complexity index is 1770. The van der Waals surface area contributed by atoms with E-state index in [1.54, 1.807) is 0 Å². The van der Waals surface area contributed by atoms with Crippen LogP contribution in [0.4, 0.5) is 0 Å². The molecular formula is C36H33N9. The summed E-state index contributed by atoms with van der Waals surface area (Å²) in [6, 6.07) is 33.7. The van der Waals surface area contributed by atoms with Gasteiger partial charge in [-0.25, -0.2) is 5.32 Å². The molecule has 1 aliphatic heterocycles. The molecule has 45 heavy (non-hydrogen) atoms. The van der Waals surface area contributed by atoms with Crippen LogP contribution >= 0.6 is 0 Å². The maximum atomic E-state index is 4.43. The van der Waals surface area contributed by atoms with E-state index in [1.807, 2.05) is 0 Å². The van der Waals surface area contributed by atoms with Crippen LogP contribution in [0.25, 0.3) is 0 Å². The van der Waals surface area contributed by atoms with Crippen molar-refractivity contribution in [1.82, 2.24) is 41.9 Å². The van der Waals surface area contributed by atoms with E-state index in [9.17, 15) is 0 Å². The molecule has 8 aromatic heterocycles. The van der Waals surface area contributed by atoms with Gasteiger partial charge in [-0.2, -0.15) is 0 Å². The van der Waals surface area contributed by atoms with Crippen molar-refractivity contribution in [2.45, 2.75) is 22.9 Å². The van der Waals surface area contributed by atoms with E-state index < -0.39 is 22.9 Å². The highest BCUT2D eigenvalue weighted by molar-refractivity contribution is 5.36. The van der Waals surface area contributed by atoms with Crippen LogP contribution in [0, 0.1) is 0 Å². The average molecular weight is 592 g/mol. The predicted octanol–water partition coefficient (Wildman–Crippen LogP) is 5.52. The highest BCUT2D eigenvalue weighted by Crippen LogP contribution is 2.62. The van der Waals surface area contributed by atoms with Gasteiger partial charge in [0, 0.05) is 99.1 Å². The van der Waals surface area contributed by atoms with Gasteiger partial charge in [0.1, 0.15) is 0 Å². The van der Waals surface area contributed by atoms with Gasteiger partial charge in [-0.3, -0.25) is 0 Å². The largest absolute Gasteiger partial charge is 0.322 e. The monoisotopic (exact) mass is 591 g/mol. The molecule has 0 spiro atoms. The molecule has 9 heteroatoms. The van der Waals surface area contributed by atoms with E-state index in [1.165, 1.54) is 0 Å². The summed E-state index contributed by atoms with van der Waals surface area (Å²) < 4.78 is 18.7. The lowest BCUT2D eigenvalue weighted by Crippen LogP contribution is -2.75. The Morgan fingerprint density at radius 2 is 0.378 bits per heavy atom. The molecule has 9 rings (SSSR count). The zero-order chi connectivity index (χ0) is 30.0. The summed E-state index contributed by atoms with van der Waals surface area (Å²) in [6.45, 7) is 0. The van der Waals surface area contributed by atoms with Crippen LogP contribution in [-0.4, -0.2) is 36.5 Å². The maximum absolute atomic E-state index is 4.43. The van der Waals surface area contributed by atoms with E-state index in [2.05, 4.69) is 238 Å². The summed E-state index contributed by atoms with van der Waals surface area (Å²) in [4.78, 5) is 0. The molecule has 0 aliphatic carbocycles. The molecule has 0 amide bonds. The third-order valence-electron chi connectivity index (χ3n) is 9.63. The first kappa shape index (κ1) is 25.7. The minimum atomic E-state index is -1.03. The van der Waals surface area contributed by atoms with Crippen molar-refractivity contribution in [3.63, 3.8) is 0 Å². The van der Waals surface area contributed by atoms with Crippen molar-refractivity contribution < 1.29 is 0 Å². The zero-order valence-electron chi connectivity index (χ0n) is 24.6. The van der Waals surface area contributed by atoms with Gasteiger partial charge in [-0.15, -0.1) is 0 Å². The highest BCUT2D eigenvalue weighted by atomic mass is 15.7. The molecule has 0 bridgehead atoms. The molecule has 1 saturated heterocycles. The van der Waals surface area contributed by atoms with Crippen molar-refractivity contribution in [3.05, 3.63) is 196 Å². The fourth-order valence-corrected chi connectivity index (χ4v) is 8.26. The number of nitrogens with one attached hydrogen (secondary N) is 1. The van der Waals surface area contributed by atoms with E-state index in [-0.39, 0.29) is 0 Å². The predicted molar refractivity (Wildman–Crippen MR) is 172 cm³/mol. The third kappa shape index (κ3) is 2.91. The van der Waals surface area contributed by atoms with Crippen LogP contribution in [-0.2, 0) is 22.9 Å². The Hall–Kier alpha value is -5.80. The fraction of sp³-hybridized carbons (Fsp3) is 0.111. The van der Waals surface area contributed by atoms with E-state index >= 15 is 0 Å². The number of nitrogens with zero attached hydrogens (tertiary/aromatic N) is 8. The topological polar surface area (TPSA) is 51.5 Å². The summed E-state index contributed by atoms with van der Waals surface area (Å²) in [6.07, 6.45) is 34.8. The van der Waals surface area contributed by atoms with Gasteiger partial charge in [0.05, 0.1) is 0 Å². The lowest BCUT2D eigenvalue weighted by molar-refractivity contribution is -0.0960. The molecule has 8 aromatic rings. The lowest BCUT2D eigenvalue weighted by Gasteiger charge is -2.57. The van der Waals surface area contributed by atoms with Crippen molar-refractivity contribution in [2.24, 2.45) is 0 Å². The van der Waals surface area contributed by atoms with Gasteiger partial charge < -0.3 is 36.5 Å². The zero-order valence-corrected chi connectivity index (χ0v) is 24.6. The van der Waals surface area contributed by atoms with Gasteiger partial charge in [-0.1, -0.05) is 0 Å². The van der Waals surface area contributed by atoms with E-state index in [0.717, 1.165) is 0 Å². The molecular weight excluding hydrogens is 558 g/mol. The number of hydrogen-bond acceptors (Lipinski definition) is 1. The Balaban J connectivity index is 1.64. The summed E-state index contributed by atoms with van der Waals surface area (Å²) in [5.41, 5.74) is -2.06. The number of hydrogen-bond donors (Lipinski definition) is 1. The summed E-state index contributed by atoms with van der Waals surface area (Å²) >= 11 is 0. The first-order chi connectivity index (χ1) is 22.3. The number of rotatable bonds is 8. The Morgan fingerprint density at radius 1 is 0.222 bits per heavy atom. The maximum Gasteiger partial charge on any atom is 0.228 e. The fourth-order valence-electron chi connectivity index (χ4n) is 8.26. The van der Waals surface area contributed by atoms with Crippen LogP contribution in [0.1, 0.15) is 0 Å². The molecule has 9 nitrogen and oxygen atoms in total. The molecule has 1 aliphatic rings. The van der Waals surface area contributed by atoms with Crippen molar-refractivity contribution in [3.8, 4) is 0 Å². The Morgan fingerprint density at radius 3 is 0.556 bits per heavy atom. The molecule has 1 fully saturated rings. The van der Waals surface area contributed by atoms with Crippen LogP contribution in [0.5, 0.6) is 0 Å². The van der Waals surface area contributed by atoms with Gasteiger partial charge in [-0.05, 0) is 97.1 Å². The molecule has 0 saturated carbocycles. The first-order valence-corrected chi connectivity index (χ1v) is 15.2. The minimum Gasteiger partial charge on any atom is -0.322 e. The lowest BCUT2D eigenvalue weighted by atomic mass is 9.82. The van der Waals surface area contributed by atoms with Crippen molar-refractivity contribution in [2.75, 3.05) is 0 Å². The normalized spacial score (nSPS) is 18.0. The molecule has 0 aromatic carbocycles. The second kappa shape index (κ2) is 9.35. The smallest absolute Gasteiger partial charge is 0.228 e. The van der Waals surface area contributed by atoms with Gasteiger partial charge in [0.2, 0.25) is 22.9 Å². The van der Waals surface area contributed by atoms with E-state index in [0.29, 0.717) is 0 Å². The molecule has 222 valence electrons. The average Bonchev–Trinajstić information content (AvgIpc) is 3.95. The SMILES string of the molecule is c1ccn(C2(n3cccc3)NC(n3cccc3)(n3cccc3)C(n3cccc3)(n3cccc3)C2(n2cccc2)n2cccc2)c1. The number of aromatic nitrogens is 8. The van der Waals surface area contributed by atoms with Crippen molar-refractivity contribution in [1.29, 1.82) is 0 Å². The first-order valence-electron chi connectivity index (χ1n) is 15.2. The Kier molecular flexibility index (Phi) is 5.33. The molecule has 9 heterocycles. The molecule has 1 N–H and O–H groups in total. The van der Waals surface area contributed by atoms with Gasteiger partial charge >= 0.3 is 0 Å². The molecule has 0 unspecified atom stereocenters. The van der Waals surface area contributed by atoms with Crippen LogP contribution in [0.15, 0.2) is 196 Å². The molecule has 0 atom stereocenters. The molecule has 0 radical (unpaired) electrons. The minimum absolute atomic E-state index is 1.03. The summed E-state index contributed by atoms with van der Waals surface area (Å²) in [5.74, 6) is -2.05. The van der Waals surface area contributed by atoms with Crippen LogP contribution < -0.4 is 5.32 Å². The van der Waals surface area contributed by atoms with Gasteiger partial charge in [0.15, 0.2) is 0 Å². The summed E-state index contributed by atoms with van der Waals surface area (Å²) in [5, 5.41) is 4.43. The van der Waals surface area contributed by atoms with Gasteiger partial charge in [0.25, 0.3) is 0 Å². The third-order valence-corrected chi connectivity index (χ3v) is 9.63. The Labute approximate surface area is 260 Å². The highest BCUT2D eigenvalue weighted by Gasteiger charge is 2.85. The van der Waals surface area contributed by atoms with Crippen molar-refractivity contribution >= 4 is 0 Å². The standard InChI is InChI=1S/C36H33N9/c1-2-18-38(17-1)33(39-19-3-4-20-39)34(40-21-5-6-22-40,41-23-7-8-24-41)36(44-29-13-14-30-44,45-31-15-16-32-45)37-35(33,42-25-9-10-26-42)43-27-11-12-28-43/h1-32,37H. The van der Waals surface area contributed by atoms with Crippen LogP contribution in [0.3, 0.4) is 0 Å². The summed E-state index contributed by atoms with van der Waals surface area (Å²) in [7, 11) is 0. The quantitative estimate of drug-likeness (QED) is 0.249. The van der Waals surface area contributed by atoms with E-state index in [4.69, 9.17) is 0 Å². The van der Waals surface area contributed by atoms with Crippen LogP contribution in [0.2, 0.25) is 0 Å². The second-order valence-corrected chi connectivity index (χ2v) is 11.5. The second-order valence-electron chi connectivity index (χ2n) is 11.5.